The summed E-state index contributed by atoms with van der Waals surface area (Å²) in [5, 5.41) is 24.0. The van der Waals surface area contributed by atoms with E-state index in [1.807, 2.05) is 5.32 Å². The summed E-state index contributed by atoms with van der Waals surface area (Å²) < 4.78 is 4.73. The van der Waals surface area contributed by atoms with Crippen LogP contribution in [0, 0.1) is 0 Å². The molecule has 0 aliphatic carbocycles. The normalized spacial score (nSPS) is 11.3. The molecule has 0 aliphatic rings. The minimum atomic E-state index is -1.53. The zero-order chi connectivity index (χ0) is 16.3. The predicted octanol–water partition coefficient (Wildman–Crippen LogP) is -1.63. The van der Waals surface area contributed by atoms with Crippen LogP contribution in [-0.2, 0) is 19.1 Å². The number of amides is 3. The topological polar surface area (TPSA) is 154 Å². The van der Waals surface area contributed by atoms with Gasteiger partial charge in [0.15, 0.2) is 0 Å². The molecule has 120 valence electrons. The van der Waals surface area contributed by atoms with Crippen LogP contribution >= 0.6 is 0 Å². The summed E-state index contributed by atoms with van der Waals surface area (Å²) in [5.41, 5.74) is 0. The van der Waals surface area contributed by atoms with E-state index in [4.69, 9.17) is 14.9 Å². The molecule has 0 aromatic heterocycles. The first kappa shape index (κ1) is 18.6. The molecule has 0 spiro atoms. The van der Waals surface area contributed by atoms with Crippen molar-refractivity contribution < 1.29 is 34.1 Å². The van der Waals surface area contributed by atoms with Crippen LogP contribution in [0.3, 0.4) is 0 Å². The molecular formula is C11H19N3O7. The van der Waals surface area contributed by atoms with Crippen molar-refractivity contribution in [2.45, 2.75) is 18.9 Å². The van der Waals surface area contributed by atoms with Gasteiger partial charge in [0.1, 0.15) is 6.04 Å². The molecule has 0 fully saturated rings. The van der Waals surface area contributed by atoms with Crippen LogP contribution in [0.2, 0.25) is 0 Å². The van der Waals surface area contributed by atoms with Crippen LogP contribution in [-0.4, -0.2) is 66.9 Å². The lowest BCUT2D eigenvalue weighted by Crippen LogP contribution is -2.47. The van der Waals surface area contributed by atoms with Gasteiger partial charge in [-0.2, -0.15) is 0 Å². The Balaban J connectivity index is 3.94. The van der Waals surface area contributed by atoms with Gasteiger partial charge in [-0.25, -0.2) is 9.59 Å². The number of urea groups is 1. The van der Waals surface area contributed by atoms with E-state index in [9.17, 15) is 19.2 Å². The van der Waals surface area contributed by atoms with Gasteiger partial charge in [-0.15, -0.1) is 0 Å². The average molecular weight is 305 g/mol. The summed E-state index contributed by atoms with van der Waals surface area (Å²) in [4.78, 5) is 43.8. The Kier molecular flexibility index (Phi) is 9.26. The number of ether oxygens (including phenoxy) is 1. The molecule has 0 saturated carbocycles. The van der Waals surface area contributed by atoms with Crippen LogP contribution in [0.5, 0.6) is 0 Å². The third kappa shape index (κ3) is 10.1. The highest BCUT2D eigenvalue weighted by Crippen LogP contribution is 1.92. The Morgan fingerprint density at radius 1 is 1.10 bits per heavy atom. The Hall–Kier alpha value is -2.36. The molecule has 0 radical (unpaired) electrons. The van der Waals surface area contributed by atoms with E-state index in [1.165, 1.54) is 7.11 Å². The van der Waals surface area contributed by atoms with Gasteiger partial charge in [0.2, 0.25) is 5.91 Å². The second-order valence-corrected chi connectivity index (χ2v) is 3.98. The summed E-state index contributed by atoms with van der Waals surface area (Å²) >= 11 is 0. The number of carbonyl (C=O) groups is 4. The van der Waals surface area contributed by atoms with Crippen molar-refractivity contribution in [1.29, 1.82) is 0 Å². The molecular weight excluding hydrogens is 286 g/mol. The lowest BCUT2D eigenvalue weighted by Gasteiger charge is -2.13. The van der Waals surface area contributed by atoms with E-state index in [0.717, 1.165) is 0 Å². The monoisotopic (exact) mass is 305 g/mol. The van der Waals surface area contributed by atoms with Crippen molar-refractivity contribution in [3.05, 3.63) is 0 Å². The molecule has 1 atom stereocenters. The molecule has 0 aromatic carbocycles. The molecule has 5 N–H and O–H groups in total. The summed E-state index contributed by atoms with van der Waals surface area (Å²) in [6.45, 7) is 0.709. The van der Waals surface area contributed by atoms with Crippen molar-refractivity contribution >= 4 is 23.9 Å². The number of methoxy groups -OCH3 is 1. The SMILES string of the molecule is COCCNC(=O)CCNC(=O)NC(CC(=O)O)C(=O)O. The maximum atomic E-state index is 11.4. The third-order valence-electron chi connectivity index (χ3n) is 2.25. The fraction of sp³-hybridized carbons (Fsp3) is 0.636. The predicted molar refractivity (Wildman–Crippen MR) is 69.7 cm³/mol. The number of hydrogen-bond acceptors (Lipinski definition) is 5. The number of carboxylic acid groups (broad SMARTS) is 2. The lowest BCUT2D eigenvalue weighted by atomic mass is 10.2. The zero-order valence-corrected chi connectivity index (χ0v) is 11.5. The molecule has 0 heterocycles. The van der Waals surface area contributed by atoms with Gasteiger partial charge in [-0.3, -0.25) is 9.59 Å². The molecule has 0 rings (SSSR count). The van der Waals surface area contributed by atoms with Gasteiger partial charge in [0.05, 0.1) is 13.0 Å². The van der Waals surface area contributed by atoms with E-state index in [0.29, 0.717) is 13.2 Å². The minimum absolute atomic E-state index is 0.00774. The standard InChI is InChI=1S/C11H19N3O7/c1-21-5-4-12-8(15)2-3-13-11(20)14-7(10(18)19)6-9(16)17/h7H,2-6H2,1H3,(H,12,15)(H,16,17)(H,18,19)(H2,13,14,20). The van der Waals surface area contributed by atoms with Crippen molar-refractivity contribution in [2.75, 3.05) is 26.8 Å². The van der Waals surface area contributed by atoms with Crippen molar-refractivity contribution in [3.8, 4) is 0 Å². The second kappa shape index (κ2) is 10.4. The number of hydrogen-bond donors (Lipinski definition) is 5. The summed E-state index contributed by atoms with van der Waals surface area (Å²) in [5.74, 6) is -3.10. The maximum absolute atomic E-state index is 11.4. The second-order valence-electron chi connectivity index (χ2n) is 3.98. The Morgan fingerprint density at radius 3 is 2.29 bits per heavy atom. The van der Waals surface area contributed by atoms with Gasteiger partial charge in [-0.1, -0.05) is 0 Å². The molecule has 21 heavy (non-hydrogen) atoms. The van der Waals surface area contributed by atoms with Crippen LogP contribution in [0.4, 0.5) is 4.79 Å². The molecule has 10 heteroatoms. The Bertz CT molecular complexity index is 386. The van der Waals surface area contributed by atoms with Gasteiger partial charge in [0, 0.05) is 26.6 Å². The highest BCUT2D eigenvalue weighted by atomic mass is 16.5. The van der Waals surface area contributed by atoms with Gasteiger partial charge < -0.3 is 30.9 Å². The van der Waals surface area contributed by atoms with Gasteiger partial charge >= 0.3 is 18.0 Å². The maximum Gasteiger partial charge on any atom is 0.326 e. The quantitative estimate of drug-likeness (QED) is 0.303. The van der Waals surface area contributed by atoms with Crippen molar-refractivity contribution in [1.82, 2.24) is 16.0 Å². The Morgan fingerprint density at radius 2 is 1.76 bits per heavy atom. The Labute approximate surface area is 120 Å². The van der Waals surface area contributed by atoms with Crippen LogP contribution < -0.4 is 16.0 Å². The third-order valence-corrected chi connectivity index (χ3v) is 2.25. The van der Waals surface area contributed by atoms with Gasteiger partial charge in [0.25, 0.3) is 0 Å². The molecule has 1 unspecified atom stereocenters. The first-order valence-electron chi connectivity index (χ1n) is 6.11. The lowest BCUT2D eigenvalue weighted by molar-refractivity contribution is -0.145. The highest BCUT2D eigenvalue weighted by molar-refractivity contribution is 5.86. The number of nitrogens with one attached hydrogen (secondary N) is 3. The largest absolute Gasteiger partial charge is 0.481 e. The van der Waals surface area contributed by atoms with Gasteiger partial charge in [-0.05, 0) is 0 Å². The highest BCUT2D eigenvalue weighted by Gasteiger charge is 2.22. The molecule has 10 nitrogen and oxygen atoms in total. The van der Waals surface area contributed by atoms with Crippen molar-refractivity contribution in [2.24, 2.45) is 0 Å². The van der Waals surface area contributed by atoms with Crippen LogP contribution in [0.15, 0.2) is 0 Å². The molecule has 0 bridgehead atoms. The average Bonchev–Trinajstić information content (AvgIpc) is 2.37. The number of carboxylic acids is 2. The van der Waals surface area contributed by atoms with E-state index in [-0.39, 0.29) is 18.9 Å². The number of rotatable bonds is 10. The van der Waals surface area contributed by atoms with E-state index in [2.05, 4.69) is 10.6 Å². The van der Waals surface area contributed by atoms with Crippen LogP contribution in [0.1, 0.15) is 12.8 Å². The van der Waals surface area contributed by atoms with E-state index in [1.54, 1.807) is 0 Å². The molecule has 0 aromatic rings. The summed E-state index contributed by atoms with van der Waals surface area (Å²) in [6, 6.07) is -2.38. The summed E-state index contributed by atoms with van der Waals surface area (Å²) in [7, 11) is 1.49. The van der Waals surface area contributed by atoms with Crippen molar-refractivity contribution in [3.63, 3.8) is 0 Å². The van der Waals surface area contributed by atoms with Crippen LogP contribution in [0.25, 0.3) is 0 Å². The van der Waals surface area contributed by atoms with E-state index < -0.39 is 30.4 Å². The zero-order valence-electron chi connectivity index (χ0n) is 11.5. The fourth-order valence-corrected chi connectivity index (χ4v) is 1.25. The first-order chi connectivity index (χ1) is 9.86. The number of aliphatic carboxylic acids is 2. The molecule has 0 saturated heterocycles. The minimum Gasteiger partial charge on any atom is -0.481 e. The molecule has 3 amide bonds. The molecule has 0 aliphatic heterocycles. The smallest absolute Gasteiger partial charge is 0.326 e. The fourth-order valence-electron chi connectivity index (χ4n) is 1.25. The number of carbonyl (C=O) groups excluding carboxylic acids is 2. The first-order valence-corrected chi connectivity index (χ1v) is 6.11. The van der Waals surface area contributed by atoms with E-state index >= 15 is 0 Å². The summed E-state index contributed by atoms with van der Waals surface area (Å²) in [6.07, 6.45) is -0.728.